The first-order valence-corrected chi connectivity index (χ1v) is 9.65. The zero-order valence-electron chi connectivity index (χ0n) is 13.2. The highest BCUT2D eigenvalue weighted by Gasteiger charge is 2.20. The second-order valence-corrected chi connectivity index (χ2v) is 7.83. The van der Waals surface area contributed by atoms with E-state index in [0.29, 0.717) is 6.54 Å². The van der Waals surface area contributed by atoms with E-state index in [4.69, 9.17) is 0 Å². The van der Waals surface area contributed by atoms with Crippen molar-refractivity contribution in [3.05, 3.63) is 56.2 Å². The van der Waals surface area contributed by atoms with E-state index in [-0.39, 0.29) is 11.9 Å². The number of thiophene rings is 1. The fourth-order valence-electron chi connectivity index (χ4n) is 3.00. The maximum absolute atomic E-state index is 12.4. The molecule has 0 bridgehead atoms. The predicted octanol–water partition coefficient (Wildman–Crippen LogP) is 4.14. The largest absolute Gasteiger partial charge is 0.348 e. The zero-order valence-corrected chi connectivity index (χ0v) is 15.6. The van der Waals surface area contributed by atoms with Crippen molar-refractivity contribution in [2.24, 2.45) is 0 Å². The van der Waals surface area contributed by atoms with Crippen molar-refractivity contribution in [2.75, 3.05) is 13.1 Å². The first kappa shape index (κ1) is 16.7. The van der Waals surface area contributed by atoms with Gasteiger partial charge in [0, 0.05) is 22.4 Å². The van der Waals surface area contributed by atoms with Crippen LogP contribution in [0, 0.1) is 0 Å². The van der Waals surface area contributed by atoms with Crippen LogP contribution in [0.3, 0.4) is 0 Å². The monoisotopic (exact) mass is 392 g/mol. The Morgan fingerprint density at radius 2 is 2.13 bits per heavy atom. The van der Waals surface area contributed by atoms with E-state index in [1.165, 1.54) is 10.4 Å². The van der Waals surface area contributed by atoms with Crippen LogP contribution in [0.25, 0.3) is 0 Å². The van der Waals surface area contributed by atoms with Crippen molar-refractivity contribution in [3.8, 4) is 0 Å². The first-order valence-electron chi connectivity index (χ1n) is 7.98. The molecule has 23 heavy (non-hydrogen) atoms. The van der Waals surface area contributed by atoms with E-state index in [2.05, 4.69) is 56.6 Å². The predicted molar refractivity (Wildman–Crippen MR) is 98.6 cm³/mol. The molecule has 1 amide bonds. The topological polar surface area (TPSA) is 32.3 Å². The molecule has 0 fully saturated rings. The number of fused-ring (bicyclic) bond motifs is 1. The lowest BCUT2D eigenvalue weighted by Gasteiger charge is -2.27. The van der Waals surface area contributed by atoms with Crippen LogP contribution in [0.15, 0.2) is 40.2 Å². The maximum Gasteiger partial charge on any atom is 0.234 e. The third kappa shape index (κ3) is 4.22. The van der Waals surface area contributed by atoms with Crippen molar-refractivity contribution in [1.82, 2.24) is 10.2 Å². The van der Waals surface area contributed by atoms with Crippen LogP contribution in [0.4, 0.5) is 0 Å². The Hall–Kier alpha value is -1.17. The summed E-state index contributed by atoms with van der Waals surface area (Å²) in [4.78, 5) is 16.1. The summed E-state index contributed by atoms with van der Waals surface area (Å²) >= 11 is 5.28. The lowest BCUT2D eigenvalue weighted by atomic mass is 10.0. The minimum Gasteiger partial charge on any atom is -0.348 e. The number of halogens is 1. The van der Waals surface area contributed by atoms with Crippen molar-refractivity contribution in [3.63, 3.8) is 0 Å². The SMILES string of the molecule is CC[C@@H](NC(=O)CN1CCc2sccc2C1)c1ccc(Br)cc1. The molecule has 0 saturated carbocycles. The number of nitrogens with zero attached hydrogens (tertiary/aromatic N) is 1. The molecule has 2 heterocycles. The second-order valence-electron chi connectivity index (χ2n) is 5.91. The Labute approximate surface area is 149 Å². The molecule has 1 aromatic carbocycles. The van der Waals surface area contributed by atoms with Crippen molar-refractivity contribution in [2.45, 2.75) is 32.4 Å². The third-order valence-corrected chi connectivity index (χ3v) is 5.82. The molecule has 0 spiro atoms. The minimum atomic E-state index is 0.0806. The second kappa shape index (κ2) is 7.60. The first-order chi connectivity index (χ1) is 11.2. The lowest BCUT2D eigenvalue weighted by molar-refractivity contribution is -0.123. The zero-order chi connectivity index (χ0) is 16.2. The summed E-state index contributed by atoms with van der Waals surface area (Å²) in [5.41, 5.74) is 2.54. The van der Waals surface area contributed by atoms with Gasteiger partial charge in [-0.05, 0) is 47.5 Å². The standard InChI is InChI=1S/C18H21BrN2OS/c1-2-16(13-3-5-15(19)6-4-13)20-18(22)12-21-9-7-17-14(11-21)8-10-23-17/h3-6,8,10,16H,2,7,9,11-12H2,1H3,(H,20,22)/t16-/m1/s1. The van der Waals surface area contributed by atoms with Gasteiger partial charge in [-0.3, -0.25) is 9.69 Å². The molecule has 3 rings (SSSR count). The molecule has 0 radical (unpaired) electrons. The van der Waals surface area contributed by atoms with Crippen LogP contribution in [0.2, 0.25) is 0 Å². The van der Waals surface area contributed by atoms with Crippen LogP contribution in [-0.4, -0.2) is 23.9 Å². The number of nitrogens with one attached hydrogen (secondary N) is 1. The fourth-order valence-corrected chi connectivity index (χ4v) is 4.16. The molecule has 1 aromatic heterocycles. The number of hydrogen-bond acceptors (Lipinski definition) is 3. The van der Waals surface area contributed by atoms with Gasteiger partial charge in [-0.25, -0.2) is 0 Å². The van der Waals surface area contributed by atoms with Gasteiger partial charge in [0.2, 0.25) is 5.91 Å². The number of amides is 1. The van der Waals surface area contributed by atoms with Gasteiger partial charge in [-0.2, -0.15) is 0 Å². The maximum atomic E-state index is 12.4. The molecule has 1 atom stereocenters. The molecule has 1 aliphatic heterocycles. The number of rotatable bonds is 5. The summed E-state index contributed by atoms with van der Waals surface area (Å²) < 4.78 is 1.06. The molecule has 5 heteroatoms. The van der Waals surface area contributed by atoms with Crippen molar-refractivity contribution in [1.29, 1.82) is 0 Å². The normalized spacial score (nSPS) is 15.9. The minimum absolute atomic E-state index is 0.0806. The van der Waals surface area contributed by atoms with E-state index in [1.807, 2.05) is 23.5 Å². The van der Waals surface area contributed by atoms with Gasteiger partial charge in [0.25, 0.3) is 0 Å². The molecule has 0 aliphatic carbocycles. The Bertz CT molecular complexity index is 668. The highest BCUT2D eigenvalue weighted by Crippen LogP contribution is 2.24. The summed E-state index contributed by atoms with van der Waals surface area (Å²) in [5.74, 6) is 0.110. The fraction of sp³-hybridized carbons (Fsp3) is 0.389. The van der Waals surface area contributed by atoms with Crippen molar-refractivity contribution >= 4 is 33.2 Å². The highest BCUT2D eigenvalue weighted by atomic mass is 79.9. The molecule has 0 saturated heterocycles. The van der Waals surface area contributed by atoms with Gasteiger partial charge in [0.15, 0.2) is 0 Å². The molecule has 1 aliphatic rings. The van der Waals surface area contributed by atoms with Crippen LogP contribution >= 0.6 is 27.3 Å². The molecule has 122 valence electrons. The number of carbonyl (C=O) groups excluding carboxylic acids is 1. The summed E-state index contributed by atoms with van der Waals surface area (Å²) in [5, 5.41) is 5.32. The lowest BCUT2D eigenvalue weighted by Crippen LogP contribution is -2.40. The average molecular weight is 393 g/mol. The van der Waals surface area contributed by atoms with E-state index >= 15 is 0 Å². The number of carbonyl (C=O) groups is 1. The van der Waals surface area contributed by atoms with E-state index in [0.717, 1.165) is 36.0 Å². The van der Waals surface area contributed by atoms with E-state index in [9.17, 15) is 4.79 Å². The van der Waals surface area contributed by atoms with Crippen LogP contribution in [0.5, 0.6) is 0 Å². The molecule has 1 N–H and O–H groups in total. The smallest absolute Gasteiger partial charge is 0.234 e. The molecular weight excluding hydrogens is 372 g/mol. The molecule has 2 aromatic rings. The van der Waals surface area contributed by atoms with Crippen molar-refractivity contribution < 1.29 is 4.79 Å². The summed E-state index contributed by atoms with van der Waals surface area (Å²) in [6.07, 6.45) is 1.95. The third-order valence-electron chi connectivity index (χ3n) is 4.27. The van der Waals surface area contributed by atoms with Crippen LogP contribution in [0.1, 0.15) is 35.4 Å². The molecule has 0 unspecified atom stereocenters. The van der Waals surface area contributed by atoms with Gasteiger partial charge in [-0.1, -0.05) is 35.0 Å². The van der Waals surface area contributed by atoms with Gasteiger partial charge >= 0.3 is 0 Å². The van der Waals surface area contributed by atoms with Gasteiger partial charge in [0.05, 0.1) is 12.6 Å². The Balaban J connectivity index is 1.57. The van der Waals surface area contributed by atoms with E-state index in [1.54, 1.807) is 0 Å². The Morgan fingerprint density at radius 3 is 2.87 bits per heavy atom. The molecular formula is C18H21BrN2OS. The summed E-state index contributed by atoms with van der Waals surface area (Å²) in [7, 11) is 0. The number of benzene rings is 1. The van der Waals surface area contributed by atoms with Gasteiger partial charge < -0.3 is 5.32 Å². The Morgan fingerprint density at radius 1 is 1.35 bits per heavy atom. The average Bonchev–Trinajstić information content (AvgIpc) is 3.01. The van der Waals surface area contributed by atoms with Gasteiger partial charge in [0.1, 0.15) is 0 Å². The highest BCUT2D eigenvalue weighted by molar-refractivity contribution is 9.10. The van der Waals surface area contributed by atoms with E-state index < -0.39 is 0 Å². The number of hydrogen-bond donors (Lipinski definition) is 1. The van der Waals surface area contributed by atoms with Crippen LogP contribution < -0.4 is 5.32 Å². The van der Waals surface area contributed by atoms with Crippen LogP contribution in [-0.2, 0) is 17.8 Å². The van der Waals surface area contributed by atoms with Gasteiger partial charge in [-0.15, -0.1) is 11.3 Å². The summed E-state index contributed by atoms with van der Waals surface area (Å²) in [6, 6.07) is 10.4. The summed E-state index contributed by atoms with van der Waals surface area (Å²) in [6.45, 7) is 4.44. The Kier molecular flexibility index (Phi) is 5.51. The molecule has 3 nitrogen and oxygen atoms in total. The quantitative estimate of drug-likeness (QED) is 0.828.